The van der Waals surface area contributed by atoms with Gasteiger partial charge in [-0.25, -0.2) is 0 Å². The maximum atomic E-state index is 11.7. The molecule has 5 nitrogen and oxygen atoms in total. The van der Waals surface area contributed by atoms with Crippen LogP contribution < -0.4 is 0 Å². The van der Waals surface area contributed by atoms with Crippen molar-refractivity contribution in [2.45, 2.75) is 56.5 Å². The first-order valence-electron chi connectivity index (χ1n) is 9.32. The third-order valence-electron chi connectivity index (χ3n) is 4.59. The van der Waals surface area contributed by atoms with E-state index < -0.39 is 18.3 Å². The van der Waals surface area contributed by atoms with Crippen molar-refractivity contribution in [3.63, 3.8) is 0 Å². The Morgan fingerprint density at radius 2 is 1.39 bits per heavy atom. The monoisotopic (exact) mass is 448 g/mol. The SMILES string of the molecule is CC(=O)O[C@@H]1[C@@H](OCc2ccccc2)[C@@H](OCc2ccccc2)[C@H](Br)O[C@H]1C. The Hall–Kier alpha value is -1.73. The Bertz CT molecular complexity index is 739. The van der Waals surface area contributed by atoms with Crippen molar-refractivity contribution >= 4 is 21.9 Å². The van der Waals surface area contributed by atoms with Gasteiger partial charge in [-0.15, -0.1) is 0 Å². The first kappa shape index (κ1) is 21.0. The summed E-state index contributed by atoms with van der Waals surface area (Å²) in [4.78, 5) is 11.7. The molecule has 0 radical (unpaired) electrons. The van der Waals surface area contributed by atoms with E-state index in [1.807, 2.05) is 67.6 Å². The van der Waals surface area contributed by atoms with Gasteiger partial charge in [0, 0.05) is 6.92 Å². The van der Waals surface area contributed by atoms with Gasteiger partial charge < -0.3 is 18.9 Å². The molecule has 2 aromatic rings. The van der Waals surface area contributed by atoms with Crippen molar-refractivity contribution in [2.75, 3.05) is 0 Å². The van der Waals surface area contributed by atoms with E-state index in [2.05, 4.69) is 15.9 Å². The minimum absolute atomic E-state index is 0.328. The Kier molecular flexibility index (Phi) is 7.62. The first-order chi connectivity index (χ1) is 13.5. The summed E-state index contributed by atoms with van der Waals surface area (Å²) in [7, 11) is 0. The number of alkyl halides is 1. The van der Waals surface area contributed by atoms with Crippen molar-refractivity contribution in [1.29, 1.82) is 0 Å². The van der Waals surface area contributed by atoms with Crippen LogP contribution in [0.5, 0.6) is 0 Å². The standard InChI is InChI=1S/C22H25BrO5/c1-15-19(28-16(2)24)20(25-13-17-9-5-3-6-10-17)21(22(23)27-15)26-14-18-11-7-4-8-12-18/h3-12,15,19-22H,13-14H2,1-2H3/t15-,19-,20+,21+,22+/m0/s1. The lowest BCUT2D eigenvalue weighted by molar-refractivity contribution is -0.235. The van der Waals surface area contributed by atoms with Crippen LogP contribution in [-0.2, 0) is 37.0 Å². The van der Waals surface area contributed by atoms with Crippen LogP contribution in [0.3, 0.4) is 0 Å². The number of ether oxygens (including phenoxy) is 4. The van der Waals surface area contributed by atoms with Gasteiger partial charge >= 0.3 is 5.97 Å². The lowest BCUT2D eigenvalue weighted by Gasteiger charge is -2.43. The summed E-state index contributed by atoms with van der Waals surface area (Å²) in [6.45, 7) is 4.05. The smallest absolute Gasteiger partial charge is 0.303 e. The van der Waals surface area contributed by atoms with Crippen molar-refractivity contribution in [1.82, 2.24) is 0 Å². The topological polar surface area (TPSA) is 54.0 Å². The molecule has 1 aliphatic rings. The van der Waals surface area contributed by atoms with Crippen LogP contribution in [0.25, 0.3) is 0 Å². The molecule has 0 saturated carbocycles. The van der Waals surface area contributed by atoms with E-state index in [1.165, 1.54) is 6.92 Å². The third-order valence-corrected chi connectivity index (χ3v) is 5.32. The summed E-state index contributed by atoms with van der Waals surface area (Å²) < 4.78 is 23.8. The molecular formula is C22H25BrO5. The van der Waals surface area contributed by atoms with E-state index in [-0.39, 0.29) is 17.1 Å². The zero-order valence-electron chi connectivity index (χ0n) is 16.0. The zero-order valence-corrected chi connectivity index (χ0v) is 17.6. The fourth-order valence-corrected chi connectivity index (χ4v) is 4.01. The molecule has 2 aromatic carbocycles. The number of carbonyl (C=O) groups excluding carboxylic acids is 1. The average molecular weight is 449 g/mol. The molecule has 1 saturated heterocycles. The van der Waals surface area contributed by atoms with Gasteiger partial charge in [-0.2, -0.15) is 0 Å². The Morgan fingerprint density at radius 3 is 1.89 bits per heavy atom. The van der Waals surface area contributed by atoms with Gasteiger partial charge in [0.2, 0.25) is 0 Å². The second-order valence-corrected chi connectivity index (χ2v) is 7.69. The van der Waals surface area contributed by atoms with E-state index in [9.17, 15) is 4.79 Å². The Balaban J connectivity index is 1.76. The number of rotatable bonds is 7. The van der Waals surface area contributed by atoms with Crippen LogP contribution >= 0.6 is 15.9 Å². The molecule has 150 valence electrons. The molecule has 28 heavy (non-hydrogen) atoms. The van der Waals surface area contributed by atoms with Gasteiger partial charge in [0.1, 0.15) is 17.2 Å². The number of halogens is 1. The molecule has 0 bridgehead atoms. The van der Waals surface area contributed by atoms with Crippen LogP contribution in [0.2, 0.25) is 0 Å². The van der Waals surface area contributed by atoms with Crippen molar-refractivity contribution < 1.29 is 23.7 Å². The van der Waals surface area contributed by atoms with E-state index in [0.717, 1.165) is 11.1 Å². The Morgan fingerprint density at radius 1 is 0.893 bits per heavy atom. The number of hydrogen-bond donors (Lipinski definition) is 0. The van der Waals surface area contributed by atoms with E-state index in [4.69, 9.17) is 18.9 Å². The molecule has 0 spiro atoms. The molecule has 1 fully saturated rings. The highest BCUT2D eigenvalue weighted by Crippen LogP contribution is 2.32. The molecule has 1 aliphatic heterocycles. The summed E-state index contributed by atoms with van der Waals surface area (Å²) in [6.07, 6.45) is -1.80. The highest BCUT2D eigenvalue weighted by Gasteiger charge is 2.46. The molecule has 0 N–H and O–H groups in total. The fraction of sp³-hybridized carbons (Fsp3) is 0.409. The predicted molar refractivity (Wildman–Crippen MR) is 109 cm³/mol. The second-order valence-electron chi connectivity index (χ2n) is 6.79. The minimum atomic E-state index is -0.559. The zero-order chi connectivity index (χ0) is 19.9. The van der Waals surface area contributed by atoms with Gasteiger partial charge in [-0.05, 0) is 18.1 Å². The van der Waals surface area contributed by atoms with Crippen molar-refractivity contribution in [2.24, 2.45) is 0 Å². The predicted octanol–water partition coefficient (Wildman–Crippen LogP) is 4.23. The average Bonchev–Trinajstić information content (AvgIpc) is 2.69. The van der Waals surface area contributed by atoms with Crippen LogP contribution in [0.1, 0.15) is 25.0 Å². The maximum Gasteiger partial charge on any atom is 0.303 e. The van der Waals surface area contributed by atoms with Gasteiger partial charge in [-0.3, -0.25) is 4.79 Å². The van der Waals surface area contributed by atoms with Crippen LogP contribution in [0.15, 0.2) is 60.7 Å². The summed E-state index contributed by atoms with van der Waals surface area (Å²) in [6, 6.07) is 19.8. The molecule has 0 amide bonds. The lowest BCUT2D eigenvalue weighted by atomic mass is 10.00. The number of hydrogen-bond acceptors (Lipinski definition) is 5. The van der Waals surface area contributed by atoms with Gasteiger partial charge in [0.05, 0.1) is 19.3 Å². The summed E-state index contributed by atoms with van der Waals surface area (Å²) >= 11 is 3.56. The van der Waals surface area contributed by atoms with Crippen LogP contribution in [0, 0.1) is 0 Å². The quantitative estimate of drug-likeness (QED) is 0.468. The first-order valence-corrected chi connectivity index (χ1v) is 10.2. The van der Waals surface area contributed by atoms with Gasteiger partial charge in [-0.1, -0.05) is 76.6 Å². The lowest BCUT2D eigenvalue weighted by Crippen LogP contribution is -2.58. The molecule has 3 rings (SSSR count). The fourth-order valence-electron chi connectivity index (χ4n) is 3.21. The number of benzene rings is 2. The highest BCUT2D eigenvalue weighted by molar-refractivity contribution is 9.09. The number of carbonyl (C=O) groups is 1. The third kappa shape index (κ3) is 5.64. The van der Waals surface area contributed by atoms with E-state index in [1.54, 1.807) is 0 Å². The minimum Gasteiger partial charge on any atom is -0.457 e. The molecule has 1 heterocycles. The van der Waals surface area contributed by atoms with Gasteiger partial charge in [0.15, 0.2) is 6.10 Å². The second kappa shape index (κ2) is 10.2. The summed E-state index contributed by atoms with van der Waals surface area (Å²) in [5, 5.41) is -0.376. The maximum absolute atomic E-state index is 11.7. The molecule has 6 heteroatoms. The Labute approximate surface area is 174 Å². The summed E-state index contributed by atoms with van der Waals surface area (Å²) in [5.74, 6) is -0.372. The van der Waals surface area contributed by atoms with Crippen molar-refractivity contribution in [3.8, 4) is 0 Å². The summed E-state index contributed by atoms with van der Waals surface area (Å²) in [5.41, 5.74) is 2.09. The van der Waals surface area contributed by atoms with Gasteiger partial charge in [0.25, 0.3) is 0 Å². The molecular weight excluding hydrogens is 424 g/mol. The molecule has 5 atom stereocenters. The molecule has 0 aliphatic carbocycles. The molecule has 0 aromatic heterocycles. The van der Waals surface area contributed by atoms with E-state index >= 15 is 0 Å². The largest absolute Gasteiger partial charge is 0.457 e. The highest BCUT2D eigenvalue weighted by atomic mass is 79.9. The van der Waals surface area contributed by atoms with Crippen LogP contribution in [-0.4, -0.2) is 35.4 Å². The van der Waals surface area contributed by atoms with E-state index in [0.29, 0.717) is 13.2 Å². The van der Waals surface area contributed by atoms with Crippen molar-refractivity contribution in [3.05, 3.63) is 71.8 Å². The normalized spacial score (nSPS) is 27.3. The molecule has 0 unspecified atom stereocenters. The van der Waals surface area contributed by atoms with Crippen LogP contribution in [0.4, 0.5) is 0 Å². The number of esters is 1.